The van der Waals surface area contributed by atoms with E-state index >= 15 is 0 Å². The molecule has 0 N–H and O–H groups in total. The van der Waals surface area contributed by atoms with Crippen LogP contribution in [0.1, 0.15) is 42.6 Å². The molecule has 1 unspecified atom stereocenters. The van der Waals surface area contributed by atoms with Crippen molar-refractivity contribution in [2.75, 3.05) is 18.6 Å². The second-order valence-corrected chi connectivity index (χ2v) is 9.54. The van der Waals surface area contributed by atoms with Crippen LogP contribution in [0.15, 0.2) is 67.0 Å². The van der Waals surface area contributed by atoms with Crippen LogP contribution in [0.3, 0.4) is 0 Å². The van der Waals surface area contributed by atoms with E-state index in [2.05, 4.69) is 28.7 Å². The first-order valence-corrected chi connectivity index (χ1v) is 12.4. The van der Waals surface area contributed by atoms with E-state index in [1.165, 1.54) is 7.11 Å². The molecule has 6 nitrogen and oxygen atoms in total. The number of benzene rings is 2. The van der Waals surface area contributed by atoms with Crippen LogP contribution in [-0.2, 0) is 9.53 Å². The number of aromatic nitrogens is 2. The summed E-state index contributed by atoms with van der Waals surface area (Å²) in [5.41, 5.74) is 2.17. The average Bonchev–Trinajstić information content (AvgIpc) is 2.87. The van der Waals surface area contributed by atoms with Crippen LogP contribution in [0.5, 0.6) is 0 Å². The Labute approximate surface area is 221 Å². The predicted molar refractivity (Wildman–Crippen MR) is 145 cm³/mol. The van der Waals surface area contributed by atoms with Gasteiger partial charge >= 0.3 is 5.97 Å². The zero-order chi connectivity index (χ0) is 26.1. The van der Waals surface area contributed by atoms with Crippen molar-refractivity contribution in [2.24, 2.45) is 11.8 Å². The van der Waals surface area contributed by atoms with E-state index in [0.717, 1.165) is 17.8 Å². The van der Waals surface area contributed by atoms with Gasteiger partial charge < -0.3 is 9.64 Å². The zero-order valence-corrected chi connectivity index (χ0v) is 22.0. The first-order valence-electron chi connectivity index (χ1n) is 11.7. The van der Waals surface area contributed by atoms with Gasteiger partial charge in [-0.15, -0.1) is 0 Å². The lowest BCUT2D eigenvalue weighted by Gasteiger charge is -2.24. The molecule has 0 saturated heterocycles. The molecule has 8 heteroatoms. The van der Waals surface area contributed by atoms with E-state index in [1.54, 1.807) is 36.7 Å². The lowest BCUT2D eigenvalue weighted by Crippen LogP contribution is -2.24. The Morgan fingerprint density at radius 1 is 1.00 bits per heavy atom. The number of esters is 1. The van der Waals surface area contributed by atoms with Crippen molar-refractivity contribution in [3.05, 3.63) is 88.2 Å². The van der Waals surface area contributed by atoms with Crippen LogP contribution in [0, 0.1) is 11.8 Å². The van der Waals surface area contributed by atoms with Crippen molar-refractivity contribution in [3.8, 4) is 0 Å². The molecule has 0 aliphatic carbocycles. The summed E-state index contributed by atoms with van der Waals surface area (Å²) in [6.45, 7) is 5.08. The monoisotopic (exact) mass is 525 g/mol. The highest BCUT2D eigenvalue weighted by Crippen LogP contribution is 2.28. The van der Waals surface area contributed by atoms with E-state index in [9.17, 15) is 9.59 Å². The Kier molecular flexibility index (Phi) is 10.0. The van der Waals surface area contributed by atoms with Crippen LogP contribution in [0.2, 0.25) is 10.0 Å². The molecular formula is C28H29Cl2N3O3. The molecule has 0 aliphatic rings. The predicted octanol–water partition coefficient (Wildman–Crippen LogP) is 7.04. The Morgan fingerprint density at radius 3 is 2.22 bits per heavy atom. The summed E-state index contributed by atoms with van der Waals surface area (Å²) < 4.78 is 4.92. The van der Waals surface area contributed by atoms with Gasteiger partial charge in [-0.05, 0) is 48.2 Å². The van der Waals surface area contributed by atoms with E-state index < -0.39 is 11.9 Å². The van der Waals surface area contributed by atoms with E-state index in [-0.39, 0.29) is 27.8 Å². The SMILES string of the molecule is COC(=O)C(C/C=C/c1ccc(N(CC(C)C)c2ncccn2)cc1)CC(=O)c1c(Cl)cccc1Cl. The largest absolute Gasteiger partial charge is 0.469 e. The van der Waals surface area contributed by atoms with Gasteiger partial charge in [-0.2, -0.15) is 0 Å². The molecule has 0 saturated carbocycles. The van der Waals surface area contributed by atoms with Crippen LogP contribution in [0.25, 0.3) is 6.08 Å². The molecule has 36 heavy (non-hydrogen) atoms. The van der Waals surface area contributed by atoms with Crippen LogP contribution in [-0.4, -0.2) is 35.4 Å². The zero-order valence-electron chi connectivity index (χ0n) is 20.5. The third-order valence-corrected chi connectivity index (χ3v) is 6.11. The molecule has 0 radical (unpaired) electrons. The number of anilines is 2. The minimum absolute atomic E-state index is 0.0549. The number of carbonyl (C=O) groups is 2. The maximum Gasteiger partial charge on any atom is 0.309 e. The van der Waals surface area contributed by atoms with Gasteiger partial charge in [0.2, 0.25) is 5.95 Å². The summed E-state index contributed by atoms with van der Waals surface area (Å²) in [4.78, 5) is 36.0. The first kappa shape index (κ1) is 27.4. The Balaban J connectivity index is 1.71. The summed E-state index contributed by atoms with van der Waals surface area (Å²) in [5.74, 6) is -0.335. The maximum absolute atomic E-state index is 12.8. The minimum atomic E-state index is -0.651. The molecule has 3 rings (SSSR count). The number of rotatable bonds is 11. The second-order valence-electron chi connectivity index (χ2n) is 8.73. The number of ketones is 1. The summed E-state index contributed by atoms with van der Waals surface area (Å²) in [7, 11) is 1.31. The summed E-state index contributed by atoms with van der Waals surface area (Å²) in [5, 5.41) is 0.526. The fraction of sp³-hybridized carbons (Fsp3) is 0.286. The Hall–Kier alpha value is -3.22. The number of hydrogen-bond acceptors (Lipinski definition) is 6. The third-order valence-electron chi connectivity index (χ3n) is 5.48. The van der Waals surface area contributed by atoms with Crippen molar-refractivity contribution < 1.29 is 14.3 Å². The minimum Gasteiger partial charge on any atom is -0.469 e. The van der Waals surface area contributed by atoms with Crippen LogP contribution in [0.4, 0.5) is 11.6 Å². The van der Waals surface area contributed by atoms with Gasteiger partial charge in [0.25, 0.3) is 0 Å². The number of allylic oxidation sites excluding steroid dienone is 1. The number of carbonyl (C=O) groups excluding carboxylic acids is 2. The van der Waals surface area contributed by atoms with Crippen molar-refractivity contribution >= 4 is 52.7 Å². The van der Waals surface area contributed by atoms with Gasteiger partial charge in [0.15, 0.2) is 5.78 Å². The molecule has 0 bridgehead atoms. The molecule has 0 spiro atoms. The normalized spacial score (nSPS) is 12.1. The second kappa shape index (κ2) is 13.2. The molecule has 2 aromatic carbocycles. The third kappa shape index (κ3) is 7.39. The van der Waals surface area contributed by atoms with Crippen molar-refractivity contribution in [3.63, 3.8) is 0 Å². The smallest absolute Gasteiger partial charge is 0.309 e. The maximum atomic E-state index is 12.8. The van der Waals surface area contributed by atoms with E-state index in [0.29, 0.717) is 18.3 Å². The molecule has 0 amide bonds. The van der Waals surface area contributed by atoms with Crippen molar-refractivity contribution in [1.82, 2.24) is 9.97 Å². The molecule has 1 heterocycles. The Morgan fingerprint density at radius 2 is 1.64 bits per heavy atom. The van der Waals surface area contributed by atoms with Crippen LogP contribution < -0.4 is 4.90 Å². The molecule has 3 aromatic rings. The molecule has 0 fully saturated rings. The van der Waals surface area contributed by atoms with Gasteiger partial charge in [-0.25, -0.2) is 9.97 Å². The number of methoxy groups -OCH3 is 1. The van der Waals surface area contributed by atoms with Gasteiger partial charge in [0, 0.05) is 31.0 Å². The number of halogens is 2. The van der Waals surface area contributed by atoms with Gasteiger partial charge in [0.05, 0.1) is 28.6 Å². The van der Waals surface area contributed by atoms with Crippen molar-refractivity contribution in [2.45, 2.75) is 26.7 Å². The summed E-state index contributed by atoms with van der Waals surface area (Å²) in [6, 6.07) is 14.7. The molecular weight excluding hydrogens is 497 g/mol. The highest BCUT2D eigenvalue weighted by Gasteiger charge is 2.24. The van der Waals surface area contributed by atoms with Gasteiger partial charge in [-0.3, -0.25) is 9.59 Å². The molecule has 1 atom stereocenters. The lowest BCUT2D eigenvalue weighted by molar-refractivity contribution is -0.145. The molecule has 0 aliphatic heterocycles. The molecule has 188 valence electrons. The summed E-state index contributed by atoms with van der Waals surface area (Å²) >= 11 is 12.3. The van der Waals surface area contributed by atoms with E-state index in [4.69, 9.17) is 27.9 Å². The van der Waals surface area contributed by atoms with Gasteiger partial charge in [0.1, 0.15) is 0 Å². The van der Waals surface area contributed by atoms with E-state index in [1.807, 2.05) is 36.4 Å². The van der Waals surface area contributed by atoms with Crippen LogP contribution >= 0.6 is 23.2 Å². The lowest BCUT2D eigenvalue weighted by atomic mass is 9.95. The highest BCUT2D eigenvalue weighted by molar-refractivity contribution is 6.39. The fourth-order valence-corrected chi connectivity index (χ4v) is 4.36. The number of Topliss-reactive ketones (excluding diaryl/α,β-unsaturated/α-hetero) is 1. The average molecular weight is 526 g/mol. The topological polar surface area (TPSA) is 72.4 Å². The quantitative estimate of drug-likeness (QED) is 0.197. The number of hydrogen-bond donors (Lipinski definition) is 0. The number of nitrogens with zero attached hydrogens (tertiary/aromatic N) is 3. The highest BCUT2D eigenvalue weighted by atomic mass is 35.5. The summed E-state index contributed by atoms with van der Waals surface area (Å²) in [6.07, 6.45) is 7.52. The van der Waals surface area contributed by atoms with Crippen molar-refractivity contribution in [1.29, 1.82) is 0 Å². The standard InChI is InChI=1S/C28H29Cl2N3O3/c1-19(2)18-33(28-31-15-6-16-32-28)22-13-11-20(12-14-22)7-4-8-21(27(35)36-3)17-25(34)26-23(29)9-5-10-24(26)30/h4-7,9-16,19,21H,8,17-18H2,1-3H3/b7-4+. The first-order chi connectivity index (χ1) is 17.3. The number of ether oxygens (including phenoxy) is 1. The fourth-order valence-electron chi connectivity index (χ4n) is 3.75. The van der Waals surface area contributed by atoms with Gasteiger partial charge in [-0.1, -0.05) is 67.4 Å². The molecule has 1 aromatic heterocycles. The Bertz CT molecular complexity index is 1180.